The van der Waals surface area contributed by atoms with E-state index in [0.29, 0.717) is 6.07 Å². The molecule has 0 aliphatic carbocycles. The summed E-state index contributed by atoms with van der Waals surface area (Å²) in [6.07, 6.45) is -5.77. The largest absolute Gasteiger partial charge is 0.509 e. The molecule has 0 bridgehead atoms. The van der Waals surface area contributed by atoms with Gasteiger partial charge < -0.3 is 14.2 Å². The van der Waals surface area contributed by atoms with Crippen LogP contribution in [0.4, 0.5) is 23.9 Å². The maximum atomic E-state index is 13.5. The zero-order chi connectivity index (χ0) is 25.8. The normalized spacial score (nSPS) is 12.3. The van der Waals surface area contributed by atoms with Crippen molar-refractivity contribution < 1.29 is 37.0 Å². The summed E-state index contributed by atoms with van der Waals surface area (Å²) in [4.78, 5) is 33.5. The monoisotopic (exact) mass is 499 g/mol. The van der Waals surface area contributed by atoms with Gasteiger partial charge in [0.25, 0.3) is 11.9 Å². The Morgan fingerprint density at radius 1 is 1.20 bits per heavy atom. The van der Waals surface area contributed by atoms with Crippen LogP contribution in [0.15, 0.2) is 18.5 Å². The second kappa shape index (κ2) is 10.4. The van der Waals surface area contributed by atoms with E-state index < -0.39 is 36.8 Å². The maximum Gasteiger partial charge on any atom is 0.509 e. The molecule has 35 heavy (non-hydrogen) atoms. The highest BCUT2D eigenvalue weighted by Crippen LogP contribution is 2.29. The van der Waals surface area contributed by atoms with Gasteiger partial charge in [0, 0.05) is 14.1 Å². The van der Waals surface area contributed by atoms with Crippen molar-refractivity contribution in [2.45, 2.75) is 32.5 Å². The van der Waals surface area contributed by atoms with E-state index in [1.54, 1.807) is 7.05 Å². The van der Waals surface area contributed by atoms with Gasteiger partial charge in [-0.25, -0.2) is 24.3 Å². The van der Waals surface area contributed by atoms with Gasteiger partial charge in [-0.1, -0.05) is 5.10 Å². The van der Waals surface area contributed by atoms with E-state index in [4.69, 9.17) is 9.47 Å². The fourth-order valence-corrected chi connectivity index (χ4v) is 2.87. The minimum absolute atomic E-state index is 0.148. The van der Waals surface area contributed by atoms with Crippen molar-refractivity contribution in [1.82, 2.24) is 40.0 Å². The first-order valence-corrected chi connectivity index (χ1v) is 9.81. The van der Waals surface area contributed by atoms with Gasteiger partial charge in [-0.3, -0.25) is 9.48 Å². The number of aromatic nitrogens is 8. The van der Waals surface area contributed by atoms with Crippen LogP contribution in [0.25, 0.3) is 0 Å². The van der Waals surface area contributed by atoms with E-state index in [2.05, 4.69) is 35.3 Å². The second-order valence-electron chi connectivity index (χ2n) is 6.96. The lowest BCUT2D eigenvalue weighted by Gasteiger charge is -2.27. The molecule has 1 atom stereocenters. The van der Waals surface area contributed by atoms with E-state index in [1.807, 2.05) is 0 Å². The fourth-order valence-electron chi connectivity index (χ4n) is 2.87. The molecule has 3 aromatic heterocycles. The summed E-state index contributed by atoms with van der Waals surface area (Å²) in [5, 5.41) is 14.8. The molecule has 188 valence electrons. The van der Waals surface area contributed by atoms with Crippen molar-refractivity contribution in [2.75, 3.05) is 12.0 Å². The molecular formula is C18H20F3N9O5. The molecule has 0 saturated carbocycles. The Morgan fingerprint density at radius 3 is 2.51 bits per heavy atom. The summed E-state index contributed by atoms with van der Waals surface area (Å²) < 4.78 is 57.4. The molecule has 0 aliphatic heterocycles. The van der Waals surface area contributed by atoms with E-state index in [1.165, 1.54) is 25.0 Å². The van der Waals surface area contributed by atoms with Crippen LogP contribution in [0.1, 0.15) is 34.5 Å². The number of carbonyl (C=O) groups excluding carboxylic acids is 2. The van der Waals surface area contributed by atoms with Gasteiger partial charge in [0.2, 0.25) is 0 Å². The van der Waals surface area contributed by atoms with Crippen molar-refractivity contribution in [3.63, 3.8) is 0 Å². The molecule has 14 nitrogen and oxygen atoms in total. The highest BCUT2D eigenvalue weighted by atomic mass is 19.4. The number of nitrogens with zero attached hydrogens (tertiary/aromatic N) is 9. The number of tetrazole rings is 1. The Bertz CT molecular complexity index is 1200. The number of rotatable bonds is 8. The number of halogens is 3. The van der Waals surface area contributed by atoms with Gasteiger partial charge in [-0.15, -0.1) is 0 Å². The summed E-state index contributed by atoms with van der Waals surface area (Å²) in [7, 11) is 4.11. The van der Waals surface area contributed by atoms with Crippen molar-refractivity contribution in [3.05, 3.63) is 41.2 Å². The van der Waals surface area contributed by atoms with Gasteiger partial charge >= 0.3 is 12.3 Å². The van der Waals surface area contributed by atoms with E-state index >= 15 is 0 Å². The first-order chi connectivity index (χ1) is 16.5. The zero-order valence-corrected chi connectivity index (χ0v) is 18.9. The van der Waals surface area contributed by atoms with Crippen molar-refractivity contribution in [3.8, 4) is 0 Å². The molecule has 0 radical (unpaired) electrons. The van der Waals surface area contributed by atoms with Crippen molar-refractivity contribution in [1.29, 1.82) is 0 Å². The Morgan fingerprint density at radius 2 is 1.94 bits per heavy atom. The van der Waals surface area contributed by atoms with Crippen LogP contribution in [0, 0.1) is 0 Å². The van der Waals surface area contributed by atoms with Gasteiger partial charge in [0.15, 0.2) is 12.1 Å². The Labute approximate surface area is 195 Å². The number of anilines is 1. The molecule has 17 heteroatoms. The molecule has 0 N–H and O–H groups in total. The Kier molecular flexibility index (Phi) is 7.58. The summed E-state index contributed by atoms with van der Waals surface area (Å²) in [6, 6.07) is 1.59. The Hall–Kier alpha value is -4.15. The summed E-state index contributed by atoms with van der Waals surface area (Å²) in [5.41, 5.74) is -1.82. The third kappa shape index (κ3) is 6.05. The molecule has 3 aromatic rings. The number of alkyl halides is 3. The second-order valence-corrected chi connectivity index (χ2v) is 6.96. The van der Waals surface area contributed by atoms with E-state index in [0.717, 1.165) is 22.8 Å². The van der Waals surface area contributed by atoms with Gasteiger partial charge in [0.05, 0.1) is 25.0 Å². The average molecular weight is 499 g/mol. The maximum absolute atomic E-state index is 13.5. The Balaban J connectivity index is 1.97. The standard InChI is InChI=1S/C18H20F3N9O5/c1-10(35-17(32)33-4)30(16-24-26-27-29(16)3)15(31)11-5-6-13(18(19,20)21)23-12(11)7-34-8-14-22-9-28(2)25-14/h5-6,9-10H,7-8H2,1-4H3. The molecule has 3 heterocycles. The molecule has 1 unspecified atom stereocenters. The highest BCUT2D eigenvalue weighted by molar-refractivity contribution is 6.06. The molecular weight excluding hydrogens is 479 g/mol. The molecule has 0 saturated heterocycles. The average Bonchev–Trinajstić information content (AvgIpc) is 3.41. The van der Waals surface area contributed by atoms with Crippen LogP contribution in [0.2, 0.25) is 0 Å². The van der Waals surface area contributed by atoms with Gasteiger partial charge in [-0.2, -0.15) is 18.3 Å². The minimum Gasteiger partial charge on any atom is -0.438 e. The van der Waals surface area contributed by atoms with Crippen LogP contribution in [-0.4, -0.2) is 65.4 Å². The molecule has 3 rings (SSSR count). The number of amides is 1. The predicted octanol–water partition coefficient (Wildman–Crippen LogP) is 1.24. The molecule has 0 aromatic carbocycles. The number of carbonyl (C=O) groups is 2. The smallest absolute Gasteiger partial charge is 0.438 e. The predicted molar refractivity (Wildman–Crippen MR) is 107 cm³/mol. The lowest BCUT2D eigenvalue weighted by atomic mass is 10.1. The lowest BCUT2D eigenvalue weighted by Crippen LogP contribution is -2.43. The summed E-state index contributed by atoms with van der Waals surface area (Å²) in [5.74, 6) is -0.787. The highest BCUT2D eigenvalue weighted by Gasteiger charge is 2.36. The minimum atomic E-state index is -4.77. The molecule has 0 fully saturated rings. The number of hydrogen-bond acceptors (Lipinski definition) is 11. The summed E-state index contributed by atoms with van der Waals surface area (Å²) in [6.45, 7) is 0.690. The number of aryl methyl sites for hydroxylation is 2. The first kappa shape index (κ1) is 25.5. The van der Waals surface area contributed by atoms with Crippen LogP contribution < -0.4 is 4.90 Å². The van der Waals surface area contributed by atoms with E-state index in [-0.39, 0.29) is 29.6 Å². The van der Waals surface area contributed by atoms with Crippen LogP contribution in [0.5, 0.6) is 0 Å². The number of hydrogen-bond donors (Lipinski definition) is 0. The number of pyridine rings is 1. The summed E-state index contributed by atoms with van der Waals surface area (Å²) >= 11 is 0. The fraction of sp³-hybridized carbons (Fsp3) is 0.444. The molecule has 0 aliphatic rings. The third-order valence-electron chi connectivity index (χ3n) is 4.44. The van der Waals surface area contributed by atoms with Crippen molar-refractivity contribution in [2.24, 2.45) is 14.1 Å². The molecule has 1 amide bonds. The third-order valence-corrected chi connectivity index (χ3v) is 4.44. The topological polar surface area (TPSA) is 152 Å². The van der Waals surface area contributed by atoms with Crippen LogP contribution in [-0.2, 0) is 47.7 Å². The van der Waals surface area contributed by atoms with E-state index in [9.17, 15) is 22.8 Å². The number of ether oxygens (including phenoxy) is 3. The van der Waals surface area contributed by atoms with Crippen LogP contribution in [0.3, 0.4) is 0 Å². The quantitative estimate of drug-likeness (QED) is 0.325. The van der Waals surface area contributed by atoms with Gasteiger partial charge in [-0.05, 0) is 29.5 Å². The van der Waals surface area contributed by atoms with Gasteiger partial charge in [0.1, 0.15) is 18.6 Å². The zero-order valence-electron chi connectivity index (χ0n) is 18.9. The number of methoxy groups -OCH3 is 1. The SMILES string of the molecule is COC(=O)OC(C)N(C(=O)c1ccc(C(F)(F)F)nc1COCc1ncn(C)n1)c1nnnn1C. The lowest BCUT2D eigenvalue weighted by molar-refractivity contribution is -0.141. The first-order valence-electron chi connectivity index (χ1n) is 9.81. The molecule has 0 spiro atoms. The van der Waals surface area contributed by atoms with Crippen molar-refractivity contribution >= 4 is 18.0 Å². The van der Waals surface area contributed by atoms with Crippen LogP contribution >= 0.6 is 0 Å².